The molecule has 1 saturated carbocycles. The summed E-state index contributed by atoms with van der Waals surface area (Å²) in [7, 11) is -3.06. The zero-order chi connectivity index (χ0) is 15.7. The minimum Gasteiger partial charge on any atom is -0.322 e. The number of rotatable bonds is 3. The SMILES string of the molecule is CS(=O)(=O)C1CN(C(=O)Nc2ccn(C3CCCCC3)n2)C1. The van der Waals surface area contributed by atoms with Crippen molar-refractivity contribution < 1.29 is 13.2 Å². The Morgan fingerprint density at radius 3 is 2.59 bits per heavy atom. The molecule has 22 heavy (non-hydrogen) atoms. The van der Waals surface area contributed by atoms with E-state index in [-0.39, 0.29) is 19.1 Å². The molecule has 7 nitrogen and oxygen atoms in total. The van der Waals surface area contributed by atoms with Gasteiger partial charge >= 0.3 is 6.03 Å². The lowest BCUT2D eigenvalue weighted by atomic mass is 9.96. The number of nitrogens with one attached hydrogen (secondary N) is 1. The van der Waals surface area contributed by atoms with Gasteiger partial charge in [-0.25, -0.2) is 13.2 Å². The Hall–Kier alpha value is -1.57. The fourth-order valence-electron chi connectivity index (χ4n) is 3.02. The first-order valence-electron chi connectivity index (χ1n) is 7.73. The highest BCUT2D eigenvalue weighted by Gasteiger charge is 2.37. The molecule has 122 valence electrons. The predicted molar refractivity (Wildman–Crippen MR) is 83.6 cm³/mol. The number of urea groups is 1. The number of hydrogen-bond donors (Lipinski definition) is 1. The number of sulfone groups is 1. The van der Waals surface area contributed by atoms with Crippen LogP contribution in [-0.4, -0.2) is 53.7 Å². The van der Waals surface area contributed by atoms with Gasteiger partial charge in [-0.05, 0) is 12.8 Å². The van der Waals surface area contributed by atoms with E-state index in [0.717, 1.165) is 12.8 Å². The molecular formula is C14H22N4O3S. The van der Waals surface area contributed by atoms with Gasteiger partial charge in [0, 0.05) is 31.6 Å². The Morgan fingerprint density at radius 2 is 1.95 bits per heavy atom. The lowest BCUT2D eigenvalue weighted by Gasteiger charge is -2.37. The summed E-state index contributed by atoms with van der Waals surface area (Å²) < 4.78 is 24.6. The molecule has 1 aromatic rings. The van der Waals surface area contributed by atoms with Gasteiger partial charge in [0.1, 0.15) is 0 Å². The van der Waals surface area contributed by atoms with Crippen molar-refractivity contribution in [1.29, 1.82) is 0 Å². The van der Waals surface area contributed by atoms with Crippen molar-refractivity contribution in [3.05, 3.63) is 12.3 Å². The summed E-state index contributed by atoms with van der Waals surface area (Å²) in [5.74, 6) is 0.526. The Balaban J connectivity index is 1.53. The van der Waals surface area contributed by atoms with Crippen molar-refractivity contribution >= 4 is 21.7 Å². The van der Waals surface area contributed by atoms with Crippen LogP contribution in [-0.2, 0) is 9.84 Å². The Labute approximate surface area is 130 Å². The summed E-state index contributed by atoms with van der Waals surface area (Å²) in [4.78, 5) is 13.5. The van der Waals surface area contributed by atoms with E-state index in [0.29, 0.717) is 11.9 Å². The summed E-state index contributed by atoms with van der Waals surface area (Å²) in [5.41, 5.74) is 0. The highest BCUT2D eigenvalue weighted by Crippen LogP contribution is 2.28. The van der Waals surface area contributed by atoms with Gasteiger partial charge in [0.05, 0.1) is 11.3 Å². The number of aromatic nitrogens is 2. The molecule has 0 spiro atoms. The van der Waals surface area contributed by atoms with Crippen LogP contribution in [0.4, 0.5) is 10.6 Å². The van der Waals surface area contributed by atoms with E-state index in [2.05, 4.69) is 10.4 Å². The standard InChI is InChI=1S/C14H22N4O3S/c1-22(20,21)12-9-17(10-12)14(19)15-13-7-8-18(16-13)11-5-3-2-4-6-11/h7-8,11-12H,2-6,9-10H2,1H3,(H,15,16,19). The zero-order valence-corrected chi connectivity index (χ0v) is 13.6. The van der Waals surface area contributed by atoms with Gasteiger partial charge in [-0.2, -0.15) is 5.10 Å². The van der Waals surface area contributed by atoms with Gasteiger partial charge in [0.2, 0.25) is 0 Å². The van der Waals surface area contributed by atoms with Crippen LogP contribution in [0.3, 0.4) is 0 Å². The molecule has 3 rings (SSSR count). The molecule has 1 N–H and O–H groups in total. The molecule has 2 heterocycles. The first-order chi connectivity index (χ1) is 10.4. The maximum Gasteiger partial charge on any atom is 0.323 e. The average molecular weight is 326 g/mol. The molecule has 0 bridgehead atoms. The predicted octanol–water partition coefficient (Wildman–Crippen LogP) is 1.65. The molecule has 1 saturated heterocycles. The van der Waals surface area contributed by atoms with Crippen molar-refractivity contribution in [1.82, 2.24) is 14.7 Å². The van der Waals surface area contributed by atoms with Crippen LogP contribution >= 0.6 is 0 Å². The summed E-state index contributed by atoms with van der Waals surface area (Å²) in [6.45, 7) is 0.516. The summed E-state index contributed by atoms with van der Waals surface area (Å²) in [5, 5.41) is 6.73. The minimum absolute atomic E-state index is 0.258. The third kappa shape index (κ3) is 3.26. The van der Waals surface area contributed by atoms with E-state index < -0.39 is 15.1 Å². The lowest BCUT2D eigenvalue weighted by Crippen LogP contribution is -2.57. The Bertz CT molecular complexity index is 643. The van der Waals surface area contributed by atoms with Crippen LogP contribution in [0.5, 0.6) is 0 Å². The first kappa shape index (κ1) is 15.3. The van der Waals surface area contributed by atoms with Gasteiger partial charge < -0.3 is 4.90 Å². The molecule has 1 aromatic heterocycles. The highest BCUT2D eigenvalue weighted by atomic mass is 32.2. The first-order valence-corrected chi connectivity index (χ1v) is 9.69. The number of nitrogens with zero attached hydrogens (tertiary/aromatic N) is 3. The average Bonchev–Trinajstić information content (AvgIpc) is 2.84. The van der Waals surface area contributed by atoms with E-state index >= 15 is 0 Å². The second-order valence-electron chi connectivity index (χ2n) is 6.26. The summed E-state index contributed by atoms with van der Waals surface area (Å²) >= 11 is 0. The van der Waals surface area contributed by atoms with Crippen molar-refractivity contribution in [2.75, 3.05) is 24.7 Å². The molecule has 2 fully saturated rings. The lowest BCUT2D eigenvalue weighted by molar-refractivity contribution is 0.182. The van der Waals surface area contributed by atoms with Crippen molar-refractivity contribution in [3.63, 3.8) is 0 Å². The van der Waals surface area contributed by atoms with Crippen LogP contribution in [0.2, 0.25) is 0 Å². The maximum absolute atomic E-state index is 12.0. The van der Waals surface area contributed by atoms with Crippen LogP contribution in [0.1, 0.15) is 38.1 Å². The van der Waals surface area contributed by atoms with E-state index in [1.165, 1.54) is 30.4 Å². The number of likely N-dealkylation sites (tertiary alicyclic amines) is 1. The zero-order valence-electron chi connectivity index (χ0n) is 12.7. The topological polar surface area (TPSA) is 84.3 Å². The largest absolute Gasteiger partial charge is 0.323 e. The van der Waals surface area contributed by atoms with Gasteiger partial charge in [0.25, 0.3) is 0 Å². The fourth-order valence-corrected chi connectivity index (χ4v) is 3.92. The van der Waals surface area contributed by atoms with Gasteiger partial charge in [-0.1, -0.05) is 19.3 Å². The number of carbonyl (C=O) groups excluding carboxylic acids is 1. The van der Waals surface area contributed by atoms with Crippen molar-refractivity contribution in [3.8, 4) is 0 Å². The maximum atomic E-state index is 12.0. The quantitative estimate of drug-likeness (QED) is 0.915. The van der Waals surface area contributed by atoms with Crippen LogP contribution < -0.4 is 5.32 Å². The van der Waals surface area contributed by atoms with Crippen molar-refractivity contribution in [2.24, 2.45) is 0 Å². The molecule has 2 aliphatic rings. The molecule has 0 radical (unpaired) electrons. The second-order valence-corrected chi connectivity index (χ2v) is 8.59. The second kappa shape index (κ2) is 5.91. The minimum atomic E-state index is -3.06. The molecule has 0 aromatic carbocycles. The van der Waals surface area contributed by atoms with Crippen LogP contribution in [0, 0.1) is 0 Å². The number of hydrogen-bond acceptors (Lipinski definition) is 4. The molecular weight excluding hydrogens is 304 g/mol. The van der Waals surface area contributed by atoms with E-state index in [9.17, 15) is 13.2 Å². The summed E-state index contributed by atoms with van der Waals surface area (Å²) in [6, 6.07) is 1.94. The number of carbonyl (C=O) groups is 1. The van der Waals surface area contributed by atoms with E-state index in [1.807, 2.05) is 10.9 Å². The van der Waals surface area contributed by atoms with Gasteiger partial charge in [0.15, 0.2) is 15.7 Å². The fraction of sp³-hybridized carbons (Fsp3) is 0.714. The smallest absolute Gasteiger partial charge is 0.322 e. The van der Waals surface area contributed by atoms with Gasteiger partial charge in [-0.15, -0.1) is 0 Å². The Morgan fingerprint density at radius 1 is 1.27 bits per heavy atom. The monoisotopic (exact) mass is 326 g/mol. The number of amides is 2. The summed E-state index contributed by atoms with van der Waals surface area (Å²) in [6.07, 6.45) is 9.13. The molecule has 8 heteroatoms. The van der Waals surface area contributed by atoms with Crippen LogP contribution in [0.25, 0.3) is 0 Å². The third-order valence-corrected chi connectivity index (χ3v) is 6.04. The molecule has 1 aliphatic heterocycles. The van der Waals surface area contributed by atoms with Crippen molar-refractivity contribution in [2.45, 2.75) is 43.4 Å². The normalized spacial score (nSPS) is 20.7. The third-order valence-electron chi connectivity index (χ3n) is 4.53. The molecule has 1 aliphatic carbocycles. The molecule has 2 amide bonds. The van der Waals surface area contributed by atoms with Gasteiger partial charge in [-0.3, -0.25) is 10.00 Å². The number of anilines is 1. The molecule has 0 atom stereocenters. The molecule has 0 unspecified atom stereocenters. The van der Waals surface area contributed by atoms with E-state index in [1.54, 1.807) is 6.07 Å². The van der Waals surface area contributed by atoms with Crippen LogP contribution in [0.15, 0.2) is 12.3 Å². The highest BCUT2D eigenvalue weighted by molar-refractivity contribution is 7.91. The Kier molecular flexibility index (Phi) is 4.12. The van der Waals surface area contributed by atoms with E-state index in [4.69, 9.17) is 0 Å².